The molecule has 0 aliphatic carbocycles. The molecule has 3 nitrogen and oxygen atoms in total. The summed E-state index contributed by atoms with van der Waals surface area (Å²) in [5, 5.41) is 9.15. The molecule has 0 atom stereocenters. The minimum absolute atomic E-state index is 0.0208. The van der Waals surface area contributed by atoms with E-state index in [0.717, 1.165) is 6.54 Å². The van der Waals surface area contributed by atoms with E-state index in [0.29, 0.717) is 5.82 Å². The monoisotopic (exact) mass is 244 g/mol. The smallest absolute Gasteiger partial charge is 0.134 e. The van der Waals surface area contributed by atoms with Crippen LogP contribution in [0.3, 0.4) is 0 Å². The lowest BCUT2D eigenvalue weighted by atomic mass is 9.87. The van der Waals surface area contributed by atoms with Gasteiger partial charge in [0, 0.05) is 18.9 Å². The average Bonchev–Trinajstić information content (AvgIpc) is 2.76. The molecular formula is C15H20N2O. The molecule has 0 amide bonds. The van der Waals surface area contributed by atoms with Gasteiger partial charge < -0.3 is 9.67 Å². The average molecular weight is 244 g/mol. The molecule has 18 heavy (non-hydrogen) atoms. The quantitative estimate of drug-likeness (QED) is 0.901. The van der Waals surface area contributed by atoms with Gasteiger partial charge in [0.25, 0.3) is 0 Å². The van der Waals surface area contributed by atoms with Crippen molar-refractivity contribution in [1.29, 1.82) is 0 Å². The molecule has 0 saturated carbocycles. The number of aliphatic hydroxyl groups excluding tert-OH is 1. The lowest BCUT2D eigenvalue weighted by Gasteiger charge is -2.19. The Balaban J connectivity index is 2.16. The van der Waals surface area contributed by atoms with E-state index in [2.05, 4.69) is 50.0 Å². The van der Waals surface area contributed by atoms with Gasteiger partial charge >= 0.3 is 0 Å². The van der Waals surface area contributed by atoms with Crippen LogP contribution in [0.5, 0.6) is 0 Å². The number of aromatic nitrogens is 2. The van der Waals surface area contributed by atoms with Crippen molar-refractivity contribution in [2.75, 3.05) is 0 Å². The second-order valence-electron chi connectivity index (χ2n) is 5.58. The summed E-state index contributed by atoms with van der Waals surface area (Å²) in [5.74, 6) is 0.704. The van der Waals surface area contributed by atoms with Crippen molar-refractivity contribution in [1.82, 2.24) is 9.55 Å². The zero-order chi connectivity index (χ0) is 13.2. The third kappa shape index (κ3) is 2.79. The molecule has 1 aromatic heterocycles. The summed E-state index contributed by atoms with van der Waals surface area (Å²) in [4.78, 5) is 4.10. The summed E-state index contributed by atoms with van der Waals surface area (Å²) in [5.41, 5.74) is 2.74. The van der Waals surface area contributed by atoms with Crippen molar-refractivity contribution in [3.8, 4) is 0 Å². The summed E-state index contributed by atoms with van der Waals surface area (Å²) in [6.45, 7) is 7.36. The first-order valence-corrected chi connectivity index (χ1v) is 6.21. The van der Waals surface area contributed by atoms with Crippen LogP contribution in [0, 0.1) is 0 Å². The predicted molar refractivity (Wildman–Crippen MR) is 72.4 cm³/mol. The van der Waals surface area contributed by atoms with Crippen LogP contribution in [0.2, 0.25) is 0 Å². The van der Waals surface area contributed by atoms with Gasteiger partial charge in [-0.2, -0.15) is 0 Å². The van der Waals surface area contributed by atoms with Crippen LogP contribution in [0.4, 0.5) is 0 Å². The number of hydrogen-bond donors (Lipinski definition) is 1. The Morgan fingerprint density at radius 1 is 1.17 bits per heavy atom. The maximum Gasteiger partial charge on any atom is 0.134 e. The van der Waals surface area contributed by atoms with E-state index < -0.39 is 0 Å². The summed E-state index contributed by atoms with van der Waals surface area (Å²) in [7, 11) is 0. The molecule has 0 radical (unpaired) electrons. The van der Waals surface area contributed by atoms with Crippen molar-refractivity contribution in [3.05, 3.63) is 53.6 Å². The molecule has 0 aliphatic heterocycles. The number of aliphatic hydroxyl groups is 1. The summed E-state index contributed by atoms with van der Waals surface area (Å²) < 4.78 is 1.96. The Bertz CT molecular complexity index is 506. The van der Waals surface area contributed by atoms with E-state index in [1.807, 2.05) is 10.8 Å². The van der Waals surface area contributed by atoms with E-state index >= 15 is 0 Å². The first-order chi connectivity index (χ1) is 8.50. The highest BCUT2D eigenvalue weighted by Crippen LogP contribution is 2.22. The molecule has 2 rings (SSSR count). The van der Waals surface area contributed by atoms with Gasteiger partial charge in [-0.1, -0.05) is 45.0 Å². The van der Waals surface area contributed by atoms with Crippen LogP contribution >= 0.6 is 0 Å². The van der Waals surface area contributed by atoms with Gasteiger partial charge in [0.2, 0.25) is 0 Å². The Hall–Kier alpha value is -1.61. The van der Waals surface area contributed by atoms with Gasteiger partial charge in [0.15, 0.2) is 0 Å². The van der Waals surface area contributed by atoms with Gasteiger partial charge in [-0.05, 0) is 16.5 Å². The number of benzene rings is 1. The van der Waals surface area contributed by atoms with E-state index in [1.54, 1.807) is 6.20 Å². The number of rotatable bonds is 3. The first kappa shape index (κ1) is 12.8. The van der Waals surface area contributed by atoms with Crippen LogP contribution in [0.15, 0.2) is 36.7 Å². The summed E-state index contributed by atoms with van der Waals surface area (Å²) >= 11 is 0. The zero-order valence-electron chi connectivity index (χ0n) is 11.2. The SMILES string of the molecule is CC(C)(C)c1ccc(Cn2ccnc2CO)cc1. The maximum absolute atomic E-state index is 9.15. The Kier molecular flexibility index (Phi) is 3.53. The molecule has 0 saturated heterocycles. The Morgan fingerprint density at radius 2 is 1.83 bits per heavy atom. The molecule has 2 aromatic rings. The molecule has 0 fully saturated rings. The molecule has 0 aliphatic rings. The molecule has 1 heterocycles. The van der Waals surface area contributed by atoms with Crippen LogP contribution in [-0.2, 0) is 18.6 Å². The Morgan fingerprint density at radius 3 is 2.39 bits per heavy atom. The fourth-order valence-corrected chi connectivity index (χ4v) is 1.94. The standard InChI is InChI=1S/C15H20N2O/c1-15(2,3)13-6-4-12(5-7-13)10-17-9-8-16-14(17)11-18/h4-9,18H,10-11H2,1-3H3. The van der Waals surface area contributed by atoms with E-state index in [1.165, 1.54) is 11.1 Å². The second-order valence-corrected chi connectivity index (χ2v) is 5.58. The fraction of sp³-hybridized carbons (Fsp3) is 0.400. The van der Waals surface area contributed by atoms with Crippen LogP contribution in [0.1, 0.15) is 37.7 Å². The number of imidazole rings is 1. The van der Waals surface area contributed by atoms with E-state index in [9.17, 15) is 0 Å². The third-order valence-electron chi connectivity index (χ3n) is 3.12. The van der Waals surface area contributed by atoms with Gasteiger partial charge in [-0.25, -0.2) is 4.98 Å². The lowest BCUT2D eigenvalue weighted by Crippen LogP contribution is -2.11. The van der Waals surface area contributed by atoms with Crippen molar-refractivity contribution in [2.45, 2.75) is 39.3 Å². The van der Waals surface area contributed by atoms with Crippen LogP contribution < -0.4 is 0 Å². The van der Waals surface area contributed by atoms with Crippen LogP contribution in [0.25, 0.3) is 0 Å². The molecule has 3 heteroatoms. The molecule has 0 bridgehead atoms. The predicted octanol–water partition coefficient (Wildman–Crippen LogP) is 2.72. The molecule has 1 aromatic carbocycles. The second kappa shape index (κ2) is 4.94. The van der Waals surface area contributed by atoms with Gasteiger partial charge in [0.05, 0.1) is 0 Å². The highest BCUT2D eigenvalue weighted by atomic mass is 16.3. The lowest BCUT2D eigenvalue weighted by molar-refractivity contribution is 0.266. The summed E-state index contributed by atoms with van der Waals surface area (Å²) in [6.07, 6.45) is 3.61. The normalized spacial score (nSPS) is 11.8. The molecule has 0 spiro atoms. The van der Waals surface area contributed by atoms with Crippen molar-refractivity contribution >= 4 is 0 Å². The van der Waals surface area contributed by atoms with Gasteiger partial charge in [-0.15, -0.1) is 0 Å². The topological polar surface area (TPSA) is 38.0 Å². The van der Waals surface area contributed by atoms with Gasteiger partial charge in [0.1, 0.15) is 12.4 Å². The first-order valence-electron chi connectivity index (χ1n) is 6.21. The minimum Gasteiger partial charge on any atom is -0.388 e. The van der Waals surface area contributed by atoms with Crippen LogP contribution in [-0.4, -0.2) is 14.7 Å². The van der Waals surface area contributed by atoms with Gasteiger partial charge in [-0.3, -0.25) is 0 Å². The highest BCUT2D eigenvalue weighted by molar-refractivity contribution is 5.27. The van der Waals surface area contributed by atoms with Crippen molar-refractivity contribution in [3.63, 3.8) is 0 Å². The largest absolute Gasteiger partial charge is 0.388 e. The summed E-state index contributed by atoms with van der Waals surface area (Å²) in [6, 6.07) is 8.62. The van der Waals surface area contributed by atoms with E-state index in [4.69, 9.17) is 5.11 Å². The molecule has 96 valence electrons. The number of hydrogen-bond acceptors (Lipinski definition) is 2. The third-order valence-corrected chi connectivity index (χ3v) is 3.12. The fourth-order valence-electron chi connectivity index (χ4n) is 1.94. The number of nitrogens with zero attached hydrogens (tertiary/aromatic N) is 2. The molecular weight excluding hydrogens is 224 g/mol. The zero-order valence-corrected chi connectivity index (χ0v) is 11.2. The maximum atomic E-state index is 9.15. The molecule has 0 unspecified atom stereocenters. The highest BCUT2D eigenvalue weighted by Gasteiger charge is 2.12. The molecule has 1 N–H and O–H groups in total. The van der Waals surface area contributed by atoms with Crippen molar-refractivity contribution < 1.29 is 5.11 Å². The van der Waals surface area contributed by atoms with Crippen molar-refractivity contribution in [2.24, 2.45) is 0 Å². The minimum atomic E-state index is -0.0208. The van der Waals surface area contributed by atoms with E-state index in [-0.39, 0.29) is 12.0 Å². The Labute approximate surface area is 108 Å².